The van der Waals surface area contributed by atoms with Crippen molar-refractivity contribution < 1.29 is 0 Å². The summed E-state index contributed by atoms with van der Waals surface area (Å²) in [6.45, 7) is 0.811. The van der Waals surface area contributed by atoms with E-state index in [1.807, 2.05) is 12.3 Å². The van der Waals surface area contributed by atoms with Crippen LogP contribution in [-0.4, -0.2) is 4.98 Å². The number of rotatable bonds is 3. The normalized spacial score (nSPS) is 10.6. The number of para-hydroxylation sites is 1. The molecule has 2 nitrogen and oxygen atoms in total. The average molecular weight is 240 g/mol. The molecule has 0 amide bonds. The van der Waals surface area contributed by atoms with E-state index >= 15 is 0 Å². The van der Waals surface area contributed by atoms with Gasteiger partial charge in [-0.3, -0.25) is 4.98 Å². The molecule has 0 aliphatic rings. The highest BCUT2D eigenvalue weighted by Gasteiger charge is 2.01. The van der Waals surface area contributed by atoms with Crippen LogP contribution in [0.2, 0.25) is 0 Å². The van der Waals surface area contributed by atoms with Gasteiger partial charge < -0.3 is 5.32 Å². The van der Waals surface area contributed by atoms with Gasteiger partial charge in [0, 0.05) is 29.2 Å². The van der Waals surface area contributed by atoms with Crippen LogP contribution in [0.4, 0.5) is 5.69 Å². The van der Waals surface area contributed by atoms with Crippen molar-refractivity contribution in [2.45, 2.75) is 6.54 Å². The molecule has 17 heavy (non-hydrogen) atoms. The molecule has 3 aromatic rings. The predicted molar refractivity (Wildman–Crippen MR) is 73.4 cm³/mol. The molecule has 84 valence electrons. The number of nitrogens with one attached hydrogen (secondary N) is 1. The summed E-state index contributed by atoms with van der Waals surface area (Å²) in [6, 6.07) is 12.4. The van der Waals surface area contributed by atoms with Crippen molar-refractivity contribution >= 4 is 27.9 Å². The number of fused-ring (bicyclic) bond motifs is 1. The molecule has 0 unspecified atom stereocenters. The quantitative estimate of drug-likeness (QED) is 0.750. The van der Waals surface area contributed by atoms with Gasteiger partial charge in [0.05, 0.1) is 5.52 Å². The first kappa shape index (κ1) is 10.3. The number of pyridine rings is 1. The average Bonchev–Trinajstić information content (AvgIpc) is 2.89. The molecule has 0 radical (unpaired) electrons. The number of aromatic nitrogens is 1. The zero-order valence-corrected chi connectivity index (χ0v) is 10.1. The van der Waals surface area contributed by atoms with Gasteiger partial charge >= 0.3 is 0 Å². The van der Waals surface area contributed by atoms with Crippen LogP contribution in [0.3, 0.4) is 0 Å². The molecule has 2 aromatic heterocycles. The molecular formula is C14H12N2S. The number of nitrogens with zero attached hydrogens (tertiary/aromatic N) is 1. The highest BCUT2D eigenvalue weighted by atomic mass is 32.1. The minimum Gasteiger partial charge on any atom is -0.380 e. The monoisotopic (exact) mass is 240 g/mol. The van der Waals surface area contributed by atoms with E-state index in [0.717, 1.165) is 12.1 Å². The van der Waals surface area contributed by atoms with Crippen LogP contribution in [-0.2, 0) is 6.54 Å². The number of hydrogen-bond acceptors (Lipinski definition) is 3. The number of hydrogen-bond donors (Lipinski definition) is 1. The predicted octanol–water partition coefficient (Wildman–Crippen LogP) is 3.91. The molecule has 0 aliphatic heterocycles. The van der Waals surface area contributed by atoms with Crippen molar-refractivity contribution in [3.8, 4) is 0 Å². The molecule has 0 bridgehead atoms. The van der Waals surface area contributed by atoms with Gasteiger partial charge in [0.25, 0.3) is 0 Å². The van der Waals surface area contributed by atoms with Gasteiger partial charge in [-0.1, -0.05) is 24.3 Å². The van der Waals surface area contributed by atoms with Gasteiger partial charge in [-0.25, -0.2) is 0 Å². The van der Waals surface area contributed by atoms with Crippen molar-refractivity contribution in [3.63, 3.8) is 0 Å². The van der Waals surface area contributed by atoms with E-state index in [1.165, 1.54) is 16.6 Å². The molecule has 0 saturated carbocycles. The molecule has 1 aromatic carbocycles. The highest BCUT2D eigenvalue weighted by molar-refractivity contribution is 7.08. The summed E-state index contributed by atoms with van der Waals surface area (Å²) in [7, 11) is 0. The van der Waals surface area contributed by atoms with Crippen molar-refractivity contribution in [3.05, 3.63) is 58.9 Å². The van der Waals surface area contributed by atoms with Crippen LogP contribution in [0.25, 0.3) is 10.9 Å². The van der Waals surface area contributed by atoms with Crippen molar-refractivity contribution in [1.29, 1.82) is 0 Å². The Hall–Kier alpha value is -1.87. The number of anilines is 1. The van der Waals surface area contributed by atoms with Crippen LogP contribution in [0.15, 0.2) is 53.4 Å². The topological polar surface area (TPSA) is 24.9 Å². The molecule has 0 atom stereocenters. The molecule has 1 N–H and O–H groups in total. The fourth-order valence-electron chi connectivity index (χ4n) is 1.87. The fourth-order valence-corrected chi connectivity index (χ4v) is 2.48. The second-order valence-electron chi connectivity index (χ2n) is 3.86. The second-order valence-corrected chi connectivity index (χ2v) is 4.64. The van der Waals surface area contributed by atoms with E-state index in [-0.39, 0.29) is 0 Å². The lowest BCUT2D eigenvalue weighted by atomic mass is 10.1. The third-order valence-electron chi connectivity index (χ3n) is 2.72. The lowest BCUT2D eigenvalue weighted by Gasteiger charge is -2.07. The zero-order valence-electron chi connectivity index (χ0n) is 9.26. The van der Waals surface area contributed by atoms with E-state index in [1.54, 1.807) is 11.3 Å². The molecule has 2 heterocycles. The Morgan fingerprint density at radius 2 is 2.06 bits per heavy atom. The Morgan fingerprint density at radius 3 is 2.94 bits per heavy atom. The Balaban J connectivity index is 1.90. The summed E-state index contributed by atoms with van der Waals surface area (Å²) >= 11 is 1.70. The molecule has 3 heteroatoms. The van der Waals surface area contributed by atoms with Gasteiger partial charge in [0.15, 0.2) is 0 Å². The Bertz CT molecular complexity index is 612. The van der Waals surface area contributed by atoms with E-state index in [9.17, 15) is 0 Å². The molecule has 0 aliphatic carbocycles. The molecule has 0 saturated heterocycles. The van der Waals surface area contributed by atoms with Gasteiger partial charge in [-0.15, -0.1) is 0 Å². The van der Waals surface area contributed by atoms with Crippen LogP contribution < -0.4 is 5.32 Å². The Labute approximate surface area is 104 Å². The van der Waals surface area contributed by atoms with E-state index in [2.05, 4.69) is 51.4 Å². The third-order valence-corrected chi connectivity index (χ3v) is 3.40. The van der Waals surface area contributed by atoms with Gasteiger partial charge in [0.2, 0.25) is 0 Å². The van der Waals surface area contributed by atoms with E-state index in [0.29, 0.717) is 0 Å². The first-order valence-corrected chi connectivity index (χ1v) is 6.46. The first-order chi connectivity index (χ1) is 8.43. The summed E-state index contributed by atoms with van der Waals surface area (Å²) in [5.74, 6) is 0. The maximum atomic E-state index is 4.44. The van der Waals surface area contributed by atoms with Gasteiger partial charge in [0.1, 0.15) is 0 Å². The maximum Gasteiger partial charge on any atom is 0.0751 e. The summed E-state index contributed by atoms with van der Waals surface area (Å²) in [6.07, 6.45) is 1.84. The van der Waals surface area contributed by atoms with Crippen LogP contribution in [0.5, 0.6) is 0 Å². The SMILES string of the molecule is c1cnc2c(CNc3ccsc3)cccc2c1. The van der Waals surface area contributed by atoms with Crippen LogP contribution in [0, 0.1) is 0 Å². The standard InChI is InChI=1S/C14H12N2S/c1-3-11-5-2-7-15-14(11)12(4-1)9-16-13-6-8-17-10-13/h1-8,10,16H,9H2. The molecule has 0 fully saturated rings. The number of thiophene rings is 1. The zero-order chi connectivity index (χ0) is 11.5. The van der Waals surface area contributed by atoms with Gasteiger partial charge in [-0.05, 0) is 23.1 Å². The lowest BCUT2D eigenvalue weighted by Crippen LogP contribution is -1.99. The van der Waals surface area contributed by atoms with E-state index < -0.39 is 0 Å². The number of benzene rings is 1. The highest BCUT2D eigenvalue weighted by Crippen LogP contribution is 2.18. The van der Waals surface area contributed by atoms with Crippen LogP contribution in [0.1, 0.15) is 5.56 Å². The summed E-state index contributed by atoms with van der Waals surface area (Å²) in [5, 5.41) is 8.78. The maximum absolute atomic E-state index is 4.44. The van der Waals surface area contributed by atoms with Crippen molar-refractivity contribution in [2.75, 3.05) is 5.32 Å². The summed E-state index contributed by atoms with van der Waals surface area (Å²) < 4.78 is 0. The minimum atomic E-state index is 0.811. The Morgan fingerprint density at radius 1 is 1.12 bits per heavy atom. The van der Waals surface area contributed by atoms with Crippen molar-refractivity contribution in [1.82, 2.24) is 4.98 Å². The van der Waals surface area contributed by atoms with E-state index in [4.69, 9.17) is 0 Å². The summed E-state index contributed by atoms with van der Waals surface area (Å²) in [4.78, 5) is 4.44. The summed E-state index contributed by atoms with van der Waals surface area (Å²) in [5.41, 5.74) is 3.48. The first-order valence-electron chi connectivity index (χ1n) is 5.52. The Kier molecular flexibility index (Phi) is 2.76. The van der Waals surface area contributed by atoms with Gasteiger partial charge in [-0.2, -0.15) is 11.3 Å². The lowest BCUT2D eigenvalue weighted by molar-refractivity contribution is 1.16. The smallest absolute Gasteiger partial charge is 0.0751 e. The minimum absolute atomic E-state index is 0.811. The fraction of sp³-hybridized carbons (Fsp3) is 0.0714. The third kappa shape index (κ3) is 2.15. The van der Waals surface area contributed by atoms with Crippen LogP contribution >= 0.6 is 11.3 Å². The van der Waals surface area contributed by atoms with Crippen molar-refractivity contribution in [2.24, 2.45) is 0 Å². The second kappa shape index (κ2) is 4.55. The molecular weight excluding hydrogens is 228 g/mol. The molecule has 0 spiro atoms. The largest absolute Gasteiger partial charge is 0.380 e. The molecule has 3 rings (SSSR count).